The van der Waals surface area contributed by atoms with Gasteiger partial charge in [-0.15, -0.1) is 0 Å². The summed E-state index contributed by atoms with van der Waals surface area (Å²) in [4.78, 5) is 12.7. The number of aryl methyl sites for hydroxylation is 2. The molecule has 1 atom stereocenters. The summed E-state index contributed by atoms with van der Waals surface area (Å²) < 4.78 is 0.865. The van der Waals surface area contributed by atoms with Crippen LogP contribution in [0.5, 0.6) is 0 Å². The first-order valence-corrected chi connectivity index (χ1v) is 7.09. The van der Waals surface area contributed by atoms with Crippen molar-refractivity contribution in [3.63, 3.8) is 0 Å². The molecule has 2 rings (SSSR count). The molecule has 20 heavy (non-hydrogen) atoms. The first kappa shape index (κ1) is 14.5. The van der Waals surface area contributed by atoms with Crippen molar-refractivity contribution >= 4 is 21.7 Å². The van der Waals surface area contributed by atoms with E-state index in [2.05, 4.69) is 22.0 Å². The summed E-state index contributed by atoms with van der Waals surface area (Å²) in [6.45, 7) is 3.80. The lowest BCUT2D eigenvalue weighted by atomic mass is 9.88. The van der Waals surface area contributed by atoms with Gasteiger partial charge in [0.05, 0.1) is 6.07 Å². The fourth-order valence-corrected chi connectivity index (χ4v) is 2.74. The second-order valence-electron chi connectivity index (χ2n) is 4.75. The van der Waals surface area contributed by atoms with Crippen LogP contribution in [0.25, 0.3) is 0 Å². The summed E-state index contributed by atoms with van der Waals surface area (Å²) in [5.41, 5.74) is 3.18. The molecule has 0 N–H and O–H groups in total. The molecule has 1 unspecified atom stereocenters. The van der Waals surface area contributed by atoms with Gasteiger partial charge in [0, 0.05) is 10.0 Å². The smallest absolute Gasteiger partial charge is 0.184 e. The van der Waals surface area contributed by atoms with Gasteiger partial charge in [-0.2, -0.15) is 5.26 Å². The van der Waals surface area contributed by atoms with Gasteiger partial charge in [-0.05, 0) is 42.7 Å². The fourth-order valence-electron chi connectivity index (χ4n) is 2.32. The summed E-state index contributed by atoms with van der Waals surface area (Å²) in [7, 11) is 0. The van der Waals surface area contributed by atoms with Gasteiger partial charge in [0.2, 0.25) is 0 Å². The number of nitrogens with zero attached hydrogens (tertiary/aromatic N) is 1. The Bertz CT molecular complexity index is 680. The average molecular weight is 328 g/mol. The predicted molar refractivity (Wildman–Crippen MR) is 82.7 cm³/mol. The van der Waals surface area contributed by atoms with Gasteiger partial charge in [0.1, 0.15) is 5.92 Å². The van der Waals surface area contributed by atoms with Crippen LogP contribution >= 0.6 is 15.9 Å². The second-order valence-corrected chi connectivity index (χ2v) is 5.66. The molecule has 0 radical (unpaired) electrons. The SMILES string of the molecule is Cc1cccc(C)c1C(=O)C(C#N)c1cccc(Br)c1. The second kappa shape index (κ2) is 6.02. The number of benzene rings is 2. The summed E-state index contributed by atoms with van der Waals surface area (Å²) in [5.74, 6) is -0.909. The monoisotopic (exact) mass is 327 g/mol. The molecule has 0 aliphatic carbocycles. The van der Waals surface area contributed by atoms with Crippen LogP contribution in [0, 0.1) is 25.2 Å². The van der Waals surface area contributed by atoms with Gasteiger partial charge >= 0.3 is 0 Å². The largest absolute Gasteiger partial charge is 0.292 e. The molecule has 0 heterocycles. The number of hydrogen-bond acceptors (Lipinski definition) is 2. The number of hydrogen-bond donors (Lipinski definition) is 0. The lowest BCUT2D eigenvalue weighted by molar-refractivity contribution is 0.0977. The maximum absolute atomic E-state index is 12.7. The zero-order valence-corrected chi connectivity index (χ0v) is 12.9. The van der Waals surface area contributed by atoms with Crippen molar-refractivity contribution in [2.45, 2.75) is 19.8 Å². The Labute approximate surface area is 127 Å². The average Bonchev–Trinajstić information content (AvgIpc) is 2.39. The highest BCUT2D eigenvalue weighted by atomic mass is 79.9. The Morgan fingerprint density at radius 2 is 1.75 bits per heavy atom. The number of halogens is 1. The molecule has 2 aromatic rings. The third-order valence-corrected chi connectivity index (χ3v) is 3.79. The van der Waals surface area contributed by atoms with Crippen molar-refractivity contribution in [3.8, 4) is 6.07 Å². The molecule has 0 aliphatic heterocycles. The van der Waals surface area contributed by atoms with E-state index in [-0.39, 0.29) is 5.78 Å². The van der Waals surface area contributed by atoms with Crippen molar-refractivity contribution < 1.29 is 4.79 Å². The van der Waals surface area contributed by atoms with E-state index in [0.29, 0.717) is 5.56 Å². The summed E-state index contributed by atoms with van der Waals surface area (Å²) in [6.07, 6.45) is 0. The lowest BCUT2D eigenvalue weighted by Crippen LogP contribution is -2.14. The van der Waals surface area contributed by atoms with Crippen molar-refractivity contribution in [2.75, 3.05) is 0 Å². The predicted octanol–water partition coefficient (Wildman–Crippen LogP) is 4.56. The molecule has 100 valence electrons. The Morgan fingerprint density at radius 1 is 1.15 bits per heavy atom. The van der Waals surface area contributed by atoms with E-state index < -0.39 is 5.92 Å². The Hall–Kier alpha value is -1.92. The van der Waals surface area contributed by atoms with Crippen LogP contribution < -0.4 is 0 Å². The van der Waals surface area contributed by atoms with Crippen LogP contribution in [-0.2, 0) is 0 Å². The van der Waals surface area contributed by atoms with Crippen LogP contribution in [0.4, 0.5) is 0 Å². The summed E-state index contributed by atoms with van der Waals surface area (Å²) in [6, 6.07) is 15.2. The molecule has 0 aliphatic rings. The highest BCUT2D eigenvalue weighted by Crippen LogP contribution is 2.26. The number of ketones is 1. The number of carbonyl (C=O) groups is 1. The van der Waals surface area contributed by atoms with Gasteiger partial charge in [-0.25, -0.2) is 0 Å². The van der Waals surface area contributed by atoms with E-state index in [1.807, 2.05) is 56.3 Å². The molecule has 0 spiro atoms. The minimum Gasteiger partial charge on any atom is -0.292 e. The zero-order valence-electron chi connectivity index (χ0n) is 11.4. The minimum absolute atomic E-state index is 0.138. The van der Waals surface area contributed by atoms with E-state index in [9.17, 15) is 10.1 Å². The number of nitriles is 1. The Balaban J connectivity index is 2.48. The van der Waals surface area contributed by atoms with Crippen molar-refractivity contribution in [1.29, 1.82) is 5.26 Å². The lowest BCUT2D eigenvalue weighted by Gasteiger charge is -2.13. The topological polar surface area (TPSA) is 40.9 Å². The van der Waals surface area contributed by atoms with E-state index >= 15 is 0 Å². The maximum atomic E-state index is 12.7. The number of Topliss-reactive ketones (excluding diaryl/α,β-unsaturated/α-hetero) is 1. The first-order valence-electron chi connectivity index (χ1n) is 6.30. The van der Waals surface area contributed by atoms with Crippen molar-refractivity contribution in [2.24, 2.45) is 0 Å². The summed E-state index contributed by atoms with van der Waals surface area (Å²) >= 11 is 3.37. The summed E-state index contributed by atoms with van der Waals surface area (Å²) in [5, 5.41) is 9.40. The van der Waals surface area contributed by atoms with Gasteiger partial charge in [0.15, 0.2) is 5.78 Å². The molecule has 0 amide bonds. The van der Waals surface area contributed by atoms with Crippen LogP contribution in [0.2, 0.25) is 0 Å². The van der Waals surface area contributed by atoms with Crippen molar-refractivity contribution in [1.82, 2.24) is 0 Å². The van der Waals surface area contributed by atoms with Crippen LogP contribution in [0.1, 0.15) is 33.0 Å². The fraction of sp³-hybridized carbons (Fsp3) is 0.176. The van der Waals surface area contributed by atoms with Gasteiger partial charge in [0.25, 0.3) is 0 Å². The maximum Gasteiger partial charge on any atom is 0.184 e. The Morgan fingerprint density at radius 3 is 2.30 bits per heavy atom. The highest BCUT2D eigenvalue weighted by molar-refractivity contribution is 9.10. The molecule has 0 saturated heterocycles. The van der Waals surface area contributed by atoms with Crippen LogP contribution in [0.15, 0.2) is 46.9 Å². The van der Waals surface area contributed by atoms with Crippen molar-refractivity contribution in [3.05, 3.63) is 69.2 Å². The minimum atomic E-state index is -0.771. The molecule has 0 fully saturated rings. The zero-order chi connectivity index (χ0) is 14.7. The molecule has 2 nitrogen and oxygen atoms in total. The molecule has 0 bridgehead atoms. The van der Waals surface area contributed by atoms with Crippen LogP contribution in [0.3, 0.4) is 0 Å². The van der Waals surface area contributed by atoms with Gasteiger partial charge in [-0.1, -0.05) is 46.3 Å². The standard InChI is InChI=1S/C17H14BrNO/c1-11-5-3-6-12(2)16(11)17(20)15(10-19)13-7-4-8-14(18)9-13/h3-9,15H,1-2H3. The molecule has 3 heteroatoms. The van der Waals surface area contributed by atoms with E-state index in [4.69, 9.17) is 0 Å². The molecule has 0 saturated carbocycles. The Kier molecular flexibility index (Phi) is 4.36. The third-order valence-electron chi connectivity index (χ3n) is 3.30. The number of carbonyl (C=O) groups excluding carboxylic acids is 1. The van der Waals surface area contributed by atoms with E-state index in [1.165, 1.54) is 0 Å². The van der Waals surface area contributed by atoms with Crippen LogP contribution in [-0.4, -0.2) is 5.78 Å². The first-order chi connectivity index (χ1) is 9.54. The third kappa shape index (κ3) is 2.81. The quantitative estimate of drug-likeness (QED) is 0.775. The molecular weight excluding hydrogens is 314 g/mol. The van der Waals surface area contributed by atoms with E-state index in [1.54, 1.807) is 0 Å². The van der Waals surface area contributed by atoms with E-state index in [0.717, 1.165) is 21.2 Å². The molecule has 0 aromatic heterocycles. The molecule has 2 aromatic carbocycles. The number of rotatable bonds is 3. The van der Waals surface area contributed by atoms with Gasteiger partial charge in [-0.3, -0.25) is 4.79 Å². The van der Waals surface area contributed by atoms with Gasteiger partial charge < -0.3 is 0 Å². The normalized spacial score (nSPS) is 11.7. The molecular formula is C17H14BrNO. The highest BCUT2D eigenvalue weighted by Gasteiger charge is 2.24.